The van der Waals surface area contributed by atoms with Crippen molar-refractivity contribution in [2.24, 2.45) is 0 Å². The highest BCUT2D eigenvalue weighted by Crippen LogP contribution is 2.15. The van der Waals surface area contributed by atoms with E-state index in [0.29, 0.717) is 17.5 Å². The zero-order chi connectivity index (χ0) is 27.4. The van der Waals surface area contributed by atoms with E-state index in [1.54, 1.807) is 24.3 Å². The van der Waals surface area contributed by atoms with Gasteiger partial charge in [-0.3, -0.25) is 9.78 Å². The molecule has 0 amide bonds. The average molecular weight is 527 g/mol. The topological polar surface area (TPSA) is 71.1 Å². The summed E-state index contributed by atoms with van der Waals surface area (Å²) in [6.07, 6.45) is 13.7. The van der Waals surface area contributed by atoms with Crippen molar-refractivity contribution in [3.63, 3.8) is 0 Å². The summed E-state index contributed by atoms with van der Waals surface area (Å²) >= 11 is 0. The van der Waals surface area contributed by atoms with E-state index in [0.717, 1.165) is 44.9 Å². The number of unbranched alkanes of at least 4 members (excludes halogenated alkanes) is 8. The highest BCUT2D eigenvalue weighted by atomic mass is 17.3. The summed E-state index contributed by atoms with van der Waals surface area (Å²) in [6, 6.07) is 14.7. The predicted octanol–water partition coefficient (Wildman–Crippen LogP) is 8.72. The Kier molecular flexibility index (Phi) is 16.1. The van der Waals surface area contributed by atoms with Gasteiger partial charge in [0.25, 0.3) is 0 Å². The van der Waals surface area contributed by atoms with Crippen LogP contribution in [-0.4, -0.2) is 18.2 Å². The smallest absolute Gasteiger partial charge is 0.290 e. The monoisotopic (exact) mass is 526 g/mol. The van der Waals surface area contributed by atoms with Crippen LogP contribution >= 0.6 is 0 Å². The van der Waals surface area contributed by atoms with E-state index in [2.05, 4.69) is 20.8 Å². The maximum atomic E-state index is 12.5. The van der Waals surface area contributed by atoms with E-state index in [1.807, 2.05) is 24.3 Å². The van der Waals surface area contributed by atoms with Crippen LogP contribution in [0.4, 0.5) is 0 Å². The van der Waals surface area contributed by atoms with Crippen molar-refractivity contribution in [2.75, 3.05) is 0 Å². The van der Waals surface area contributed by atoms with Crippen molar-refractivity contribution in [2.45, 2.75) is 117 Å². The lowest BCUT2D eigenvalue weighted by atomic mass is 10.0. The summed E-state index contributed by atoms with van der Waals surface area (Å²) in [7, 11) is 0. The first-order valence-corrected chi connectivity index (χ1v) is 14.5. The van der Waals surface area contributed by atoms with Crippen molar-refractivity contribution in [3.8, 4) is 0 Å². The number of benzene rings is 2. The van der Waals surface area contributed by atoms with Crippen molar-refractivity contribution in [1.29, 1.82) is 0 Å². The van der Waals surface area contributed by atoms with Gasteiger partial charge in [-0.15, -0.1) is 9.78 Å². The van der Waals surface area contributed by atoms with Crippen LogP contribution in [0.1, 0.15) is 130 Å². The van der Waals surface area contributed by atoms with Crippen LogP contribution in [0, 0.1) is 0 Å². The molecule has 0 radical (unpaired) electrons. The summed E-state index contributed by atoms with van der Waals surface area (Å²) in [4.78, 5) is 45.5. The van der Waals surface area contributed by atoms with Crippen LogP contribution in [0.3, 0.4) is 0 Å². The zero-order valence-corrected chi connectivity index (χ0v) is 23.5. The van der Waals surface area contributed by atoms with Gasteiger partial charge in [0, 0.05) is 6.42 Å². The van der Waals surface area contributed by atoms with Gasteiger partial charge in [0.15, 0.2) is 0 Å². The van der Waals surface area contributed by atoms with Crippen LogP contribution in [0.5, 0.6) is 0 Å². The summed E-state index contributed by atoms with van der Waals surface area (Å²) in [5.41, 5.74) is 3.16. The molecule has 0 spiro atoms. The maximum absolute atomic E-state index is 12.5. The molecule has 38 heavy (non-hydrogen) atoms. The van der Waals surface area contributed by atoms with Crippen LogP contribution in [0.15, 0.2) is 48.5 Å². The molecule has 0 aromatic heterocycles. The first-order chi connectivity index (χ1) is 18.6. The molecule has 0 unspecified atom stereocenters. The lowest BCUT2D eigenvalue weighted by molar-refractivity contribution is -0.421. The lowest BCUT2D eigenvalue weighted by Gasteiger charge is -2.15. The Hall–Kier alpha value is -2.70. The molecule has 0 fully saturated rings. The molecule has 0 bridgehead atoms. The minimum atomic E-state index is -1.01. The van der Waals surface area contributed by atoms with Crippen LogP contribution < -0.4 is 0 Å². The summed E-state index contributed by atoms with van der Waals surface area (Å²) in [5, 5.41) is 0. The first-order valence-electron chi connectivity index (χ1n) is 14.5. The number of rotatable bonds is 20. The largest absolute Gasteiger partial charge is 0.373 e. The van der Waals surface area contributed by atoms with Crippen molar-refractivity contribution in [3.05, 3.63) is 70.8 Å². The lowest BCUT2D eigenvalue weighted by Crippen LogP contribution is -2.22. The number of hydrogen-bond acceptors (Lipinski definition) is 6. The normalized spacial score (nSPS) is 11.1. The van der Waals surface area contributed by atoms with Gasteiger partial charge >= 0.3 is 11.9 Å². The summed E-state index contributed by atoms with van der Waals surface area (Å²) < 4.78 is 0. The molecule has 0 aliphatic carbocycles. The quantitative estimate of drug-likeness (QED) is 0.0743. The molecular formula is C32H46O6. The van der Waals surface area contributed by atoms with Gasteiger partial charge in [0.1, 0.15) is 0 Å². The molecule has 210 valence electrons. The highest BCUT2D eigenvalue weighted by Gasteiger charge is 2.19. The molecular weight excluding hydrogens is 480 g/mol. The molecule has 0 aliphatic rings. The number of carbonyl (C=O) groups is 2. The van der Waals surface area contributed by atoms with E-state index in [-0.39, 0.29) is 0 Å². The minimum Gasteiger partial charge on any atom is -0.290 e. The third-order valence-electron chi connectivity index (χ3n) is 6.52. The van der Waals surface area contributed by atoms with Crippen molar-refractivity contribution >= 4 is 11.9 Å². The Labute approximate surface area is 228 Å². The Morgan fingerprint density at radius 2 is 0.947 bits per heavy atom. The third-order valence-corrected chi connectivity index (χ3v) is 6.52. The SMILES string of the molecule is CCCCCCc1ccc(C(=O)OOC(CCCCC)OOC(=O)c2ccc(CCCCCC)cc2)cc1. The van der Waals surface area contributed by atoms with E-state index in [4.69, 9.17) is 19.6 Å². The van der Waals surface area contributed by atoms with Crippen LogP contribution in [-0.2, 0) is 32.4 Å². The molecule has 0 heterocycles. The molecule has 6 nitrogen and oxygen atoms in total. The van der Waals surface area contributed by atoms with Gasteiger partial charge in [-0.05, 0) is 67.5 Å². The van der Waals surface area contributed by atoms with Crippen LogP contribution in [0.25, 0.3) is 0 Å². The Morgan fingerprint density at radius 3 is 1.34 bits per heavy atom. The van der Waals surface area contributed by atoms with Crippen molar-refractivity contribution in [1.82, 2.24) is 0 Å². The van der Waals surface area contributed by atoms with E-state index in [1.165, 1.54) is 49.7 Å². The highest BCUT2D eigenvalue weighted by molar-refractivity contribution is 5.89. The standard InChI is InChI=1S/C32H46O6/c1-4-7-10-13-15-26-18-22-28(23-19-26)31(33)37-35-30(17-12-9-6-3)36-38-32(34)29-24-20-27(21-25-29)16-14-11-8-5-2/h18-25,30H,4-17H2,1-3H3. The van der Waals surface area contributed by atoms with E-state index < -0.39 is 18.2 Å². The van der Waals surface area contributed by atoms with E-state index in [9.17, 15) is 9.59 Å². The Morgan fingerprint density at radius 1 is 0.553 bits per heavy atom. The fourth-order valence-corrected chi connectivity index (χ4v) is 4.09. The van der Waals surface area contributed by atoms with Gasteiger partial charge in [-0.2, -0.15) is 0 Å². The molecule has 2 rings (SSSR count). The molecule has 0 N–H and O–H groups in total. The predicted molar refractivity (Wildman–Crippen MR) is 150 cm³/mol. The molecule has 6 heteroatoms. The Bertz CT molecular complexity index is 835. The zero-order valence-electron chi connectivity index (χ0n) is 23.5. The molecule has 0 saturated carbocycles. The fourth-order valence-electron chi connectivity index (χ4n) is 4.09. The average Bonchev–Trinajstić information content (AvgIpc) is 2.95. The maximum Gasteiger partial charge on any atom is 0.373 e. The van der Waals surface area contributed by atoms with Crippen LogP contribution in [0.2, 0.25) is 0 Å². The molecule has 2 aromatic carbocycles. The summed E-state index contributed by atoms with van der Waals surface area (Å²) in [6.45, 7) is 6.47. The second kappa shape index (κ2) is 19.4. The number of carbonyl (C=O) groups excluding carboxylic acids is 2. The number of hydrogen-bond donors (Lipinski definition) is 0. The second-order valence-electron chi connectivity index (χ2n) is 9.87. The van der Waals surface area contributed by atoms with Gasteiger partial charge in [0.05, 0.1) is 11.1 Å². The first kappa shape index (κ1) is 31.5. The van der Waals surface area contributed by atoms with Gasteiger partial charge < -0.3 is 0 Å². The molecule has 0 atom stereocenters. The second-order valence-corrected chi connectivity index (χ2v) is 9.87. The number of aryl methyl sites for hydroxylation is 2. The van der Waals surface area contributed by atoms with Gasteiger partial charge in [0.2, 0.25) is 6.29 Å². The van der Waals surface area contributed by atoms with E-state index >= 15 is 0 Å². The molecule has 2 aromatic rings. The third kappa shape index (κ3) is 12.7. The fraction of sp³-hybridized carbons (Fsp3) is 0.562. The van der Waals surface area contributed by atoms with Crippen molar-refractivity contribution < 1.29 is 29.1 Å². The van der Waals surface area contributed by atoms with Gasteiger partial charge in [-0.1, -0.05) is 96.4 Å². The Balaban J connectivity index is 1.82. The minimum absolute atomic E-state index is 0.390. The molecule has 0 saturated heterocycles. The molecule has 0 aliphatic heterocycles. The summed E-state index contributed by atoms with van der Waals surface area (Å²) in [5.74, 6) is -1.24. The van der Waals surface area contributed by atoms with Gasteiger partial charge in [-0.25, -0.2) is 9.59 Å².